The molecule has 0 saturated heterocycles. The molecule has 0 saturated carbocycles. The van der Waals surface area contributed by atoms with Gasteiger partial charge in [-0.1, -0.05) is 47.5 Å². The SMILES string of the molecule is COc1ccccc1-c1csc(N/N=C\c2cccc(Cl)c2Cl)n1. The Bertz CT molecular complexity index is 880. The number of aromatic nitrogens is 1. The zero-order valence-electron chi connectivity index (χ0n) is 12.7. The number of para-hydroxylation sites is 1. The maximum Gasteiger partial charge on any atom is 0.203 e. The summed E-state index contributed by atoms with van der Waals surface area (Å²) in [7, 11) is 1.64. The average molecular weight is 378 g/mol. The van der Waals surface area contributed by atoms with E-state index in [4.69, 9.17) is 27.9 Å². The molecule has 0 atom stereocenters. The second kappa shape index (κ2) is 7.66. The van der Waals surface area contributed by atoms with E-state index in [-0.39, 0.29) is 0 Å². The lowest BCUT2D eigenvalue weighted by molar-refractivity contribution is 0.416. The standard InChI is InChI=1S/C17H13Cl2N3OS/c1-23-15-8-3-2-6-12(15)14-10-24-17(21-14)22-20-9-11-5-4-7-13(18)16(11)19/h2-10H,1H3,(H,21,22)/b20-9-. The first-order chi connectivity index (χ1) is 11.7. The predicted molar refractivity (Wildman–Crippen MR) is 102 cm³/mol. The summed E-state index contributed by atoms with van der Waals surface area (Å²) in [5.41, 5.74) is 5.40. The summed E-state index contributed by atoms with van der Waals surface area (Å²) in [5, 5.41) is 7.74. The van der Waals surface area contributed by atoms with Crippen LogP contribution in [0, 0.1) is 0 Å². The molecular formula is C17H13Cl2N3OS. The lowest BCUT2D eigenvalue weighted by atomic mass is 10.1. The van der Waals surface area contributed by atoms with Crippen LogP contribution in [-0.2, 0) is 0 Å². The number of nitrogens with one attached hydrogen (secondary N) is 1. The Kier molecular flexibility index (Phi) is 5.35. The van der Waals surface area contributed by atoms with Crippen LogP contribution in [0.4, 0.5) is 5.13 Å². The molecule has 0 aliphatic rings. The largest absolute Gasteiger partial charge is 0.496 e. The van der Waals surface area contributed by atoms with Gasteiger partial charge in [-0.2, -0.15) is 5.10 Å². The first kappa shape index (κ1) is 16.8. The molecule has 0 spiro atoms. The molecule has 0 aliphatic carbocycles. The number of rotatable bonds is 5. The van der Waals surface area contributed by atoms with E-state index in [1.807, 2.05) is 41.8 Å². The van der Waals surface area contributed by atoms with E-state index in [0.717, 1.165) is 22.6 Å². The summed E-state index contributed by atoms with van der Waals surface area (Å²) < 4.78 is 5.36. The van der Waals surface area contributed by atoms with Gasteiger partial charge in [0.15, 0.2) is 0 Å². The summed E-state index contributed by atoms with van der Waals surface area (Å²) in [6, 6.07) is 13.1. The van der Waals surface area contributed by atoms with Crippen LogP contribution in [0.1, 0.15) is 5.56 Å². The van der Waals surface area contributed by atoms with Crippen molar-refractivity contribution in [2.75, 3.05) is 12.5 Å². The van der Waals surface area contributed by atoms with Crippen molar-refractivity contribution in [2.45, 2.75) is 0 Å². The Labute approximate surface area is 153 Å². The van der Waals surface area contributed by atoms with E-state index < -0.39 is 0 Å². The van der Waals surface area contributed by atoms with E-state index in [2.05, 4.69) is 15.5 Å². The number of hydrogen-bond acceptors (Lipinski definition) is 5. The molecule has 1 N–H and O–H groups in total. The molecule has 1 heterocycles. The molecule has 0 bridgehead atoms. The average Bonchev–Trinajstić information content (AvgIpc) is 3.07. The van der Waals surface area contributed by atoms with Crippen LogP contribution in [0.15, 0.2) is 52.9 Å². The van der Waals surface area contributed by atoms with Crippen LogP contribution in [0.2, 0.25) is 10.0 Å². The van der Waals surface area contributed by atoms with Gasteiger partial charge >= 0.3 is 0 Å². The molecule has 0 unspecified atom stereocenters. The zero-order chi connectivity index (χ0) is 16.9. The number of halogens is 2. The van der Waals surface area contributed by atoms with Crippen molar-refractivity contribution in [2.24, 2.45) is 5.10 Å². The molecular weight excluding hydrogens is 365 g/mol. The number of nitrogens with zero attached hydrogens (tertiary/aromatic N) is 2. The van der Waals surface area contributed by atoms with Gasteiger partial charge in [-0.3, -0.25) is 5.43 Å². The first-order valence-corrected chi connectivity index (χ1v) is 8.64. The molecule has 24 heavy (non-hydrogen) atoms. The van der Waals surface area contributed by atoms with Crippen molar-refractivity contribution >= 4 is 45.9 Å². The number of anilines is 1. The highest BCUT2D eigenvalue weighted by Gasteiger charge is 2.09. The molecule has 1 aromatic heterocycles. The second-order valence-electron chi connectivity index (χ2n) is 4.75. The number of thiazole rings is 1. The lowest BCUT2D eigenvalue weighted by Gasteiger charge is -2.04. The third-order valence-electron chi connectivity index (χ3n) is 3.23. The van der Waals surface area contributed by atoms with Gasteiger partial charge in [0.1, 0.15) is 5.75 Å². The quantitative estimate of drug-likeness (QED) is 0.466. The van der Waals surface area contributed by atoms with Gasteiger partial charge in [0.05, 0.1) is 29.1 Å². The summed E-state index contributed by atoms with van der Waals surface area (Å²) in [4.78, 5) is 4.51. The topological polar surface area (TPSA) is 46.5 Å². The van der Waals surface area contributed by atoms with E-state index in [1.54, 1.807) is 19.4 Å². The highest BCUT2D eigenvalue weighted by Crippen LogP contribution is 2.31. The fraction of sp³-hybridized carbons (Fsp3) is 0.0588. The normalized spacial score (nSPS) is 11.0. The van der Waals surface area contributed by atoms with E-state index in [1.165, 1.54) is 11.3 Å². The van der Waals surface area contributed by atoms with Gasteiger partial charge < -0.3 is 4.74 Å². The molecule has 0 radical (unpaired) electrons. The summed E-state index contributed by atoms with van der Waals surface area (Å²) in [5.74, 6) is 0.781. The Hall–Kier alpha value is -2.08. The number of hydrogen-bond donors (Lipinski definition) is 1. The zero-order valence-corrected chi connectivity index (χ0v) is 15.0. The van der Waals surface area contributed by atoms with E-state index >= 15 is 0 Å². The fourth-order valence-electron chi connectivity index (χ4n) is 2.08. The molecule has 122 valence electrons. The summed E-state index contributed by atoms with van der Waals surface area (Å²) in [6.07, 6.45) is 1.61. The molecule has 3 aromatic rings. The fourth-order valence-corrected chi connectivity index (χ4v) is 3.10. The number of benzene rings is 2. The van der Waals surface area contributed by atoms with Crippen LogP contribution in [-0.4, -0.2) is 18.3 Å². The van der Waals surface area contributed by atoms with Crippen molar-refractivity contribution in [3.05, 3.63) is 63.5 Å². The van der Waals surface area contributed by atoms with Crippen molar-refractivity contribution in [1.29, 1.82) is 0 Å². The lowest BCUT2D eigenvalue weighted by Crippen LogP contribution is -1.92. The van der Waals surface area contributed by atoms with Gasteiger partial charge in [-0.15, -0.1) is 11.3 Å². The van der Waals surface area contributed by atoms with Crippen molar-refractivity contribution in [3.8, 4) is 17.0 Å². The minimum absolute atomic E-state index is 0.471. The third-order valence-corrected chi connectivity index (χ3v) is 4.81. The van der Waals surface area contributed by atoms with Crippen LogP contribution in [0.5, 0.6) is 5.75 Å². The maximum atomic E-state index is 6.11. The van der Waals surface area contributed by atoms with E-state index in [9.17, 15) is 0 Å². The van der Waals surface area contributed by atoms with Gasteiger partial charge in [0.2, 0.25) is 5.13 Å². The van der Waals surface area contributed by atoms with E-state index in [0.29, 0.717) is 15.2 Å². The van der Waals surface area contributed by atoms with Gasteiger partial charge in [0, 0.05) is 16.5 Å². The van der Waals surface area contributed by atoms with Crippen molar-refractivity contribution in [3.63, 3.8) is 0 Å². The molecule has 0 fully saturated rings. The Balaban J connectivity index is 1.75. The van der Waals surface area contributed by atoms with Crippen LogP contribution in [0.25, 0.3) is 11.3 Å². The van der Waals surface area contributed by atoms with Gasteiger partial charge in [0.25, 0.3) is 0 Å². The number of methoxy groups -OCH3 is 1. The Morgan fingerprint density at radius 3 is 2.83 bits per heavy atom. The smallest absolute Gasteiger partial charge is 0.203 e. The Morgan fingerprint density at radius 1 is 1.17 bits per heavy atom. The Morgan fingerprint density at radius 2 is 2.00 bits per heavy atom. The molecule has 0 aliphatic heterocycles. The maximum absolute atomic E-state index is 6.11. The first-order valence-electron chi connectivity index (χ1n) is 7.01. The van der Waals surface area contributed by atoms with Gasteiger partial charge in [-0.25, -0.2) is 4.98 Å². The summed E-state index contributed by atoms with van der Waals surface area (Å²) in [6.45, 7) is 0. The van der Waals surface area contributed by atoms with Crippen LogP contribution < -0.4 is 10.2 Å². The van der Waals surface area contributed by atoms with Gasteiger partial charge in [-0.05, 0) is 18.2 Å². The molecule has 0 amide bonds. The van der Waals surface area contributed by atoms with Crippen molar-refractivity contribution in [1.82, 2.24) is 4.98 Å². The van der Waals surface area contributed by atoms with Crippen LogP contribution in [0.3, 0.4) is 0 Å². The second-order valence-corrected chi connectivity index (χ2v) is 6.39. The summed E-state index contributed by atoms with van der Waals surface area (Å²) >= 11 is 13.5. The predicted octanol–water partition coefficient (Wildman–Crippen LogP) is 5.57. The monoisotopic (exact) mass is 377 g/mol. The molecule has 3 rings (SSSR count). The third kappa shape index (κ3) is 3.70. The van der Waals surface area contributed by atoms with Crippen LogP contribution >= 0.6 is 34.5 Å². The number of hydrazone groups is 1. The highest BCUT2D eigenvalue weighted by atomic mass is 35.5. The molecule has 2 aromatic carbocycles. The number of ether oxygens (including phenoxy) is 1. The van der Waals surface area contributed by atoms with Crippen molar-refractivity contribution < 1.29 is 4.74 Å². The minimum atomic E-state index is 0.471. The minimum Gasteiger partial charge on any atom is -0.496 e. The molecule has 7 heteroatoms. The molecule has 4 nitrogen and oxygen atoms in total. The highest BCUT2D eigenvalue weighted by molar-refractivity contribution is 7.14.